The number of allylic oxidation sites excluding steroid dienone is 4. The van der Waals surface area contributed by atoms with Crippen LogP contribution in [0, 0.1) is 13.8 Å². The van der Waals surface area contributed by atoms with E-state index < -0.39 is 17.9 Å². The molecule has 0 aliphatic carbocycles. The van der Waals surface area contributed by atoms with Gasteiger partial charge in [-0.25, -0.2) is 9.97 Å². The van der Waals surface area contributed by atoms with Crippen LogP contribution in [0.15, 0.2) is 30.8 Å². The molecule has 0 aromatic carbocycles. The lowest BCUT2D eigenvalue weighted by Crippen LogP contribution is -2.22. The molecular weight excluding hydrogens is 572 g/mol. The number of carboxylic acids is 3. The molecule has 0 saturated carbocycles. The monoisotopic (exact) mass is 605 g/mol. The van der Waals surface area contributed by atoms with Crippen molar-refractivity contribution < 1.29 is 29.7 Å². The largest absolute Gasteiger partial charge is 0.550 e. The smallest absolute Gasteiger partial charge is 0.0693 e. The van der Waals surface area contributed by atoms with Gasteiger partial charge in [0.2, 0.25) is 0 Å². The number of aliphatic carboxylic acids is 3. The van der Waals surface area contributed by atoms with E-state index in [4.69, 9.17) is 9.97 Å². The fourth-order valence-corrected chi connectivity index (χ4v) is 6.08. The Hall–Kier alpha value is -5.25. The Morgan fingerprint density at radius 2 is 1.07 bits per heavy atom. The number of carbonyl (C=O) groups is 3. The van der Waals surface area contributed by atoms with Crippen molar-refractivity contribution in [2.75, 3.05) is 0 Å². The summed E-state index contributed by atoms with van der Waals surface area (Å²) in [6.07, 6.45) is 1.81. The van der Waals surface area contributed by atoms with Crippen molar-refractivity contribution in [2.45, 2.75) is 66.2 Å². The van der Waals surface area contributed by atoms with E-state index in [0.29, 0.717) is 33.8 Å². The highest BCUT2D eigenvalue weighted by atomic mass is 16.4. The first-order chi connectivity index (χ1) is 21.4. The van der Waals surface area contributed by atoms with E-state index in [1.54, 1.807) is 6.08 Å². The van der Waals surface area contributed by atoms with Gasteiger partial charge in [0.05, 0.1) is 22.8 Å². The number of H-pyrrole nitrogens is 2. The Labute approximate surface area is 259 Å². The molecule has 0 spiro atoms. The minimum absolute atomic E-state index is 0.177. The van der Waals surface area contributed by atoms with Crippen molar-refractivity contribution in [3.8, 4) is 0 Å². The van der Waals surface area contributed by atoms with Gasteiger partial charge in [0.25, 0.3) is 0 Å². The molecule has 10 heteroatoms. The van der Waals surface area contributed by atoms with E-state index in [0.717, 1.165) is 55.6 Å². The number of hydrogen-bond acceptors (Lipinski definition) is 8. The minimum atomic E-state index is -1.18. The molecule has 8 bridgehead atoms. The predicted molar refractivity (Wildman–Crippen MR) is 167 cm³/mol. The number of aryl methyl sites for hydroxylation is 3. The molecular formula is C35H33N4O6-3. The highest BCUT2D eigenvalue weighted by Gasteiger charge is 2.21. The standard InChI is InChI=1S/C35H36N4O6/c1-6-21-17(2)25-13-26-18(3)23(8-11-34(42)43)31(37-26)16-32-24(9-12-35(44)45)20(5)28(39-32)15-30-22(7-10-33(40)41)19(4)27(38-30)14-29(21)36-25/h6,13-16,36,39H,1,7-12H2,2-5H3,(H,40,41)(H,42,43)(H,44,45)/p-3. The second-order valence-corrected chi connectivity index (χ2v) is 11.4. The Morgan fingerprint density at radius 1 is 0.644 bits per heavy atom. The van der Waals surface area contributed by atoms with Crippen molar-refractivity contribution in [1.82, 2.24) is 19.9 Å². The second-order valence-electron chi connectivity index (χ2n) is 11.4. The number of carboxylic acid groups (broad SMARTS) is 3. The van der Waals surface area contributed by atoms with Crippen LogP contribution < -0.4 is 15.3 Å². The van der Waals surface area contributed by atoms with Gasteiger partial charge in [0.15, 0.2) is 0 Å². The zero-order valence-corrected chi connectivity index (χ0v) is 25.7. The summed E-state index contributed by atoms with van der Waals surface area (Å²) in [6, 6.07) is 7.49. The van der Waals surface area contributed by atoms with Gasteiger partial charge in [0.1, 0.15) is 0 Å². The van der Waals surface area contributed by atoms with E-state index in [1.165, 1.54) is 0 Å². The van der Waals surface area contributed by atoms with Crippen molar-refractivity contribution in [3.05, 3.63) is 75.9 Å². The van der Waals surface area contributed by atoms with E-state index in [-0.39, 0.29) is 38.5 Å². The highest BCUT2D eigenvalue weighted by Crippen LogP contribution is 2.37. The molecule has 10 nitrogen and oxygen atoms in total. The van der Waals surface area contributed by atoms with E-state index >= 15 is 0 Å². The third-order valence-corrected chi connectivity index (χ3v) is 8.66. The maximum atomic E-state index is 11.5. The molecule has 5 rings (SSSR count). The maximum Gasteiger partial charge on any atom is 0.0693 e. The Bertz CT molecular complexity index is 2010. The maximum absolute atomic E-state index is 11.5. The summed E-state index contributed by atoms with van der Waals surface area (Å²) in [5.74, 6) is -3.52. The summed E-state index contributed by atoms with van der Waals surface area (Å²) in [5.41, 5.74) is 11.9. The van der Waals surface area contributed by atoms with Crippen LogP contribution in [0.1, 0.15) is 91.0 Å². The molecule has 45 heavy (non-hydrogen) atoms. The quantitative estimate of drug-likeness (QED) is 0.354. The molecule has 2 N–H and O–H groups in total. The first kappa shape index (κ1) is 31.2. The van der Waals surface area contributed by atoms with Crippen LogP contribution in [0.25, 0.3) is 50.4 Å². The minimum Gasteiger partial charge on any atom is -0.550 e. The van der Waals surface area contributed by atoms with Gasteiger partial charge in [-0.2, -0.15) is 0 Å². The predicted octanol–water partition coefficient (Wildman–Crippen LogP) is 3.18. The molecule has 0 unspecified atom stereocenters. The van der Waals surface area contributed by atoms with Crippen molar-refractivity contribution >= 4 is 68.3 Å². The molecule has 2 aliphatic heterocycles. The average Bonchev–Trinajstić information content (AvgIpc) is 3.63. The Balaban J connectivity index is 1.91. The van der Waals surface area contributed by atoms with Crippen LogP contribution in [0.4, 0.5) is 0 Å². The molecule has 2 aliphatic rings. The fraction of sp³-hybridized carbons (Fsp3) is 0.286. The van der Waals surface area contributed by atoms with E-state index in [9.17, 15) is 29.7 Å². The van der Waals surface area contributed by atoms with Gasteiger partial charge in [-0.05, 0) is 129 Å². The Morgan fingerprint density at radius 3 is 1.58 bits per heavy atom. The SMILES string of the molecule is C=Cc1c(C)c2cc3nc(cc4[nH]c(cc5nc(cc1[nH]2)C(C)=C5CCC(=O)[O-])c(C)c4CCC(=O)[O-])C(CCC(=O)[O-])=C3C. The lowest BCUT2D eigenvalue weighted by Gasteiger charge is -2.06. The van der Waals surface area contributed by atoms with Crippen LogP contribution in [-0.4, -0.2) is 37.8 Å². The van der Waals surface area contributed by atoms with E-state index in [1.807, 2.05) is 52.0 Å². The third-order valence-electron chi connectivity index (χ3n) is 8.66. The lowest BCUT2D eigenvalue weighted by atomic mass is 10.00. The van der Waals surface area contributed by atoms with Crippen LogP contribution in [0.2, 0.25) is 0 Å². The first-order valence-electron chi connectivity index (χ1n) is 14.7. The molecule has 0 amide bonds. The molecule has 0 saturated heterocycles. The third kappa shape index (κ3) is 6.22. The molecule has 0 atom stereocenters. The van der Waals surface area contributed by atoms with Gasteiger partial charge in [-0.1, -0.05) is 12.7 Å². The number of fused-ring (bicyclic) bond motifs is 8. The van der Waals surface area contributed by atoms with Crippen molar-refractivity contribution in [1.29, 1.82) is 0 Å². The highest BCUT2D eigenvalue weighted by molar-refractivity contribution is 5.96. The molecule has 0 radical (unpaired) electrons. The van der Waals surface area contributed by atoms with Gasteiger partial charge in [-0.3, -0.25) is 0 Å². The molecule has 3 aromatic rings. The zero-order valence-electron chi connectivity index (χ0n) is 25.7. The normalized spacial score (nSPS) is 13.0. The topological polar surface area (TPSA) is 178 Å². The van der Waals surface area contributed by atoms with Crippen molar-refractivity contribution in [2.24, 2.45) is 0 Å². The van der Waals surface area contributed by atoms with Crippen LogP contribution >= 0.6 is 0 Å². The first-order valence-corrected chi connectivity index (χ1v) is 14.7. The molecule has 5 heterocycles. The molecule has 232 valence electrons. The summed E-state index contributed by atoms with van der Waals surface area (Å²) in [4.78, 5) is 51.0. The van der Waals surface area contributed by atoms with Gasteiger partial charge >= 0.3 is 0 Å². The number of aromatic amines is 2. The zero-order chi connectivity index (χ0) is 32.6. The fourth-order valence-electron chi connectivity index (χ4n) is 6.08. The summed E-state index contributed by atoms with van der Waals surface area (Å²) < 4.78 is 0. The number of hydrogen-bond donors (Lipinski definition) is 2. The summed E-state index contributed by atoms with van der Waals surface area (Å²) >= 11 is 0. The van der Waals surface area contributed by atoms with Crippen LogP contribution in [0.3, 0.4) is 0 Å². The summed E-state index contributed by atoms with van der Waals surface area (Å²) in [6.45, 7) is 11.7. The molecule has 0 fully saturated rings. The van der Waals surface area contributed by atoms with Crippen molar-refractivity contribution in [3.63, 3.8) is 0 Å². The van der Waals surface area contributed by atoms with Gasteiger partial charge in [0, 0.05) is 45.5 Å². The lowest BCUT2D eigenvalue weighted by molar-refractivity contribution is -0.306. The average molecular weight is 606 g/mol. The van der Waals surface area contributed by atoms with Crippen LogP contribution in [0.5, 0.6) is 0 Å². The summed E-state index contributed by atoms with van der Waals surface area (Å²) in [5, 5.41) is 34.3. The summed E-state index contributed by atoms with van der Waals surface area (Å²) in [7, 11) is 0. The number of carbonyl (C=O) groups excluding carboxylic acids is 3. The Kier molecular flexibility index (Phi) is 8.59. The molecule has 3 aromatic heterocycles. The number of rotatable bonds is 10. The number of nitrogens with one attached hydrogen (secondary N) is 2. The number of aromatic nitrogens is 4. The van der Waals surface area contributed by atoms with Gasteiger partial charge in [-0.15, -0.1) is 0 Å². The second kappa shape index (κ2) is 12.4. The van der Waals surface area contributed by atoms with E-state index in [2.05, 4.69) is 16.5 Å². The van der Waals surface area contributed by atoms with Crippen LogP contribution in [-0.2, 0) is 20.8 Å². The number of nitrogens with zero attached hydrogens (tertiary/aromatic N) is 2. The van der Waals surface area contributed by atoms with Gasteiger partial charge < -0.3 is 39.7 Å².